The summed E-state index contributed by atoms with van der Waals surface area (Å²) in [6.07, 6.45) is 1.98. The molecule has 3 unspecified atom stereocenters. The van der Waals surface area contributed by atoms with Crippen molar-refractivity contribution in [3.05, 3.63) is 35.4 Å². The average Bonchev–Trinajstić information content (AvgIpc) is 2.79. The maximum atomic E-state index is 11.2. The topological polar surface area (TPSA) is 32.3 Å². The van der Waals surface area contributed by atoms with Crippen LogP contribution in [-0.4, -0.2) is 10.7 Å². The van der Waals surface area contributed by atoms with Crippen molar-refractivity contribution in [1.82, 2.24) is 5.32 Å². The molecule has 1 fully saturated rings. The highest BCUT2D eigenvalue weighted by Gasteiger charge is 2.53. The zero-order valence-electron chi connectivity index (χ0n) is 11.5. The summed E-state index contributed by atoms with van der Waals surface area (Å²) in [5.41, 5.74) is 2.28. The SMILES string of the molecule is CC1CC(C)(C)CC1(O)C1NCc2ccccc21. The highest BCUT2D eigenvalue weighted by atomic mass is 16.3. The molecule has 18 heavy (non-hydrogen) atoms. The third-order valence-corrected chi connectivity index (χ3v) is 4.84. The fraction of sp³-hybridized carbons (Fsp3) is 0.625. The third-order valence-electron chi connectivity index (χ3n) is 4.84. The highest BCUT2D eigenvalue weighted by Crippen LogP contribution is 2.53. The van der Waals surface area contributed by atoms with E-state index in [1.165, 1.54) is 11.1 Å². The lowest BCUT2D eigenvalue weighted by Crippen LogP contribution is -2.43. The summed E-state index contributed by atoms with van der Waals surface area (Å²) >= 11 is 0. The maximum Gasteiger partial charge on any atom is 0.0872 e. The van der Waals surface area contributed by atoms with Crippen LogP contribution in [0.2, 0.25) is 0 Å². The lowest BCUT2D eigenvalue weighted by molar-refractivity contribution is -0.0298. The molecule has 0 radical (unpaired) electrons. The van der Waals surface area contributed by atoms with E-state index < -0.39 is 5.60 Å². The first-order valence-electron chi connectivity index (χ1n) is 6.96. The van der Waals surface area contributed by atoms with Gasteiger partial charge < -0.3 is 10.4 Å². The summed E-state index contributed by atoms with van der Waals surface area (Å²) < 4.78 is 0. The molecular formula is C16H23NO. The zero-order valence-corrected chi connectivity index (χ0v) is 11.5. The van der Waals surface area contributed by atoms with Gasteiger partial charge in [-0.25, -0.2) is 0 Å². The number of hydrogen-bond donors (Lipinski definition) is 2. The molecule has 3 atom stereocenters. The molecule has 0 amide bonds. The van der Waals surface area contributed by atoms with Gasteiger partial charge in [0.15, 0.2) is 0 Å². The smallest absolute Gasteiger partial charge is 0.0872 e. The van der Waals surface area contributed by atoms with Crippen molar-refractivity contribution in [2.24, 2.45) is 11.3 Å². The van der Waals surface area contributed by atoms with Gasteiger partial charge in [-0.15, -0.1) is 0 Å². The molecule has 98 valence electrons. The predicted octanol–water partition coefficient (Wildman–Crippen LogP) is 3.02. The summed E-state index contributed by atoms with van der Waals surface area (Å²) in [6.45, 7) is 7.61. The molecule has 3 rings (SSSR count). The average molecular weight is 245 g/mol. The summed E-state index contributed by atoms with van der Waals surface area (Å²) in [7, 11) is 0. The monoisotopic (exact) mass is 245 g/mol. The Hall–Kier alpha value is -0.860. The molecule has 0 saturated heterocycles. The van der Waals surface area contributed by atoms with Crippen LogP contribution in [0.3, 0.4) is 0 Å². The van der Waals surface area contributed by atoms with Crippen LogP contribution < -0.4 is 5.32 Å². The number of hydrogen-bond acceptors (Lipinski definition) is 2. The van der Waals surface area contributed by atoms with Crippen molar-refractivity contribution in [2.45, 2.75) is 51.8 Å². The van der Waals surface area contributed by atoms with E-state index in [-0.39, 0.29) is 11.5 Å². The van der Waals surface area contributed by atoms with Gasteiger partial charge in [0.05, 0.1) is 11.6 Å². The molecule has 1 heterocycles. The van der Waals surface area contributed by atoms with E-state index >= 15 is 0 Å². The summed E-state index contributed by atoms with van der Waals surface area (Å²) in [5.74, 6) is 0.344. The van der Waals surface area contributed by atoms with Gasteiger partial charge in [-0.2, -0.15) is 0 Å². The van der Waals surface area contributed by atoms with Gasteiger partial charge in [0.25, 0.3) is 0 Å². The molecule has 1 saturated carbocycles. The van der Waals surface area contributed by atoms with E-state index in [1.807, 2.05) is 0 Å². The van der Waals surface area contributed by atoms with Gasteiger partial charge in [-0.1, -0.05) is 45.0 Å². The molecule has 2 heteroatoms. The van der Waals surface area contributed by atoms with Crippen LogP contribution in [0.1, 0.15) is 50.8 Å². The van der Waals surface area contributed by atoms with Gasteiger partial charge in [0.1, 0.15) is 0 Å². The molecule has 2 N–H and O–H groups in total. The fourth-order valence-electron chi connectivity index (χ4n) is 4.15. The van der Waals surface area contributed by atoms with Crippen molar-refractivity contribution >= 4 is 0 Å². The van der Waals surface area contributed by atoms with E-state index in [0.717, 1.165) is 19.4 Å². The fourth-order valence-corrected chi connectivity index (χ4v) is 4.15. The Labute approximate surface area is 109 Å². The zero-order chi connectivity index (χ0) is 13.0. The first-order chi connectivity index (χ1) is 8.42. The maximum absolute atomic E-state index is 11.2. The molecule has 0 bridgehead atoms. The van der Waals surface area contributed by atoms with Crippen molar-refractivity contribution in [1.29, 1.82) is 0 Å². The van der Waals surface area contributed by atoms with Crippen molar-refractivity contribution in [3.63, 3.8) is 0 Å². The molecule has 2 aliphatic rings. The number of nitrogens with one attached hydrogen (secondary N) is 1. The van der Waals surface area contributed by atoms with Crippen LogP contribution in [0.5, 0.6) is 0 Å². The summed E-state index contributed by atoms with van der Waals surface area (Å²) in [5, 5.41) is 14.7. The number of rotatable bonds is 1. The van der Waals surface area contributed by atoms with Crippen molar-refractivity contribution < 1.29 is 5.11 Å². The Morgan fingerprint density at radius 2 is 2.00 bits per heavy atom. The van der Waals surface area contributed by atoms with Crippen molar-refractivity contribution in [3.8, 4) is 0 Å². The first kappa shape index (κ1) is 12.2. The quantitative estimate of drug-likeness (QED) is 0.797. The molecule has 0 aromatic heterocycles. The van der Waals surface area contributed by atoms with E-state index in [0.29, 0.717) is 5.92 Å². The van der Waals surface area contributed by atoms with Gasteiger partial charge in [0, 0.05) is 6.54 Å². The number of fused-ring (bicyclic) bond motifs is 1. The molecule has 1 aliphatic carbocycles. The predicted molar refractivity (Wildman–Crippen MR) is 73.2 cm³/mol. The van der Waals surface area contributed by atoms with E-state index in [4.69, 9.17) is 0 Å². The lowest BCUT2D eigenvalue weighted by Gasteiger charge is -2.35. The van der Waals surface area contributed by atoms with Crippen LogP contribution in [0.15, 0.2) is 24.3 Å². The molecule has 2 nitrogen and oxygen atoms in total. The Morgan fingerprint density at radius 1 is 1.28 bits per heavy atom. The second-order valence-electron chi connectivity index (χ2n) is 6.95. The minimum Gasteiger partial charge on any atom is -0.388 e. The molecular weight excluding hydrogens is 222 g/mol. The summed E-state index contributed by atoms with van der Waals surface area (Å²) in [4.78, 5) is 0. The lowest BCUT2D eigenvalue weighted by atomic mass is 9.80. The van der Waals surface area contributed by atoms with Crippen LogP contribution in [0.25, 0.3) is 0 Å². The standard InChI is InChI=1S/C16H23NO/c1-11-8-15(2,3)10-16(11,18)14-13-7-5-4-6-12(13)9-17-14/h4-7,11,14,17-18H,8-10H2,1-3H3. The van der Waals surface area contributed by atoms with Gasteiger partial charge in [-0.3, -0.25) is 0 Å². The molecule has 1 aromatic rings. The van der Waals surface area contributed by atoms with E-state index in [9.17, 15) is 5.11 Å². The number of benzene rings is 1. The molecule has 0 spiro atoms. The Morgan fingerprint density at radius 3 is 2.67 bits per heavy atom. The van der Waals surface area contributed by atoms with Gasteiger partial charge in [0.2, 0.25) is 0 Å². The number of aliphatic hydroxyl groups is 1. The van der Waals surface area contributed by atoms with E-state index in [1.54, 1.807) is 0 Å². The van der Waals surface area contributed by atoms with E-state index in [2.05, 4.69) is 50.4 Å². The normalized spacial score (nSPS) is 37.8. The van der Waals surface area contributed by atoms with Crippen molar-refractivity contribution in [2.75, 3.05) is 0 Å². The van der Waals surface area contributed by atoms with Crippen LogP contribution >= 0.6 is 0 Å². The first-order valence-corrected chi connectivity index (χ1v) is 6.96. The van der Waals surface area contributed by atoms with Crippen LogP contribution in [0, 0.1) is 11.3 Å². The minimum absolute atomic E-state index is 0.102. The van der Waals surface area contributed by atoms with Crippen LogP contribution in [0.4, 0.5) is 0 Å². The van der Waals surface area contributed by atoms with Crippen LogP contribution in [-0.2, 0) is 6.54 Å². The Bertz CT molecular complexity index is 468. The minimum atomic E-state index is -0.601. The summed E-state index contributed by atoms with van der Waals surface area (Å²) in [6, 6.07) is 8.58. The Balaban J connectivity index is 1.97. The Kier molecular flexibility index (Phi) is 2.58. The second kappa shape index (κ2) is 3.82. The van der Waals surface area contributed by atoms with Gasteiger partial charge in [-0.05, 0) is 35.3 Å². The second-order valence-corrected chi connectivity index (χ2v) is 6.95. The highest BCUT2D eigenvalue weighted by molar-refractivity contribution is 5.36. The molecule has 1 aliphatic heterocycles. The molecule has 1 aromatic carbocycles. The third kappa shape index (κ3) is 1.70. The van der Waals surface area contributed by atoms with Gasteiger partial charge >= 0.3 is 0 Å². The largest absolute Gasteiger partial charge is 0.388 e.